The van der Waals surface area contributed by atoms with E-state index in [0.717, 1.165) is 0 Å². The monoisotopic (exact) mass is 310 g/mol. The van der Waals surface area contributed by atoms with Gasteiger partial charge in [0.1, 0.15) is 5.75 Å². The number of fused-ring (bicyclic) bond motifs is 1. The summed E-state index contributed by atoms with van der Waals surface area (Å²) in [4.78, 5) is 22.9. The first kappa shape index (κ1) is 12.8. The maximum atomic E-state index is 11.6. The van der Waals surface area contributed by atoms with Gasteiger partial charge in [-0.3, -0.25) is 4.79 Å². The zero-order valence-corrected chi connectivity index (χ0v) is 11.7. The third-order valence-corrected chi connectivity index (χ3v) is 3.84. The van der Waals surface area contributed by atoms with Crippen LogP contribution < -0.4 is 5.63 Å². The highest BCUT2D eigenvalue weighted by molar-refractivity contribution is 9.10. The van der Waals surface area contributed by atoms with Crippen LogP contribution >= 0.6 is 15.9 Å². The number of benzene rings is 1. The number of carbonyl (C=O) groups excluding carboxylic acids is 1. The van der Waals surface area contributed by atoms with Gasteiger partial charge in [0.05, 0.1) is 15.4 Å². The summed E-state index contributed by atoms with van der Waals surface area (Å²) in [6.45, 7) is 4.75. The zero-order valence-electron chi connectivity index (χ0n) is 10.1. The molecule has 0 unspecified atom stereocenters. The van der Waals surface area contributed by atoms with Crippen molar-refractivity contribution in [2.45, 2.75) is 20.8 Å². The second-order valence-corrected chi connectivity index (χ2v) is 4.96. The highest BCUT2D eigenvalue weighted by atomic mass is 79.9. The molecule has 1 N–H and O–H groups in total. The molecule has 0 radical (unpaired) electrons. The Balaban J connectivity index is 3.13. The molecule has 4 nitrogen and oxygen atoms in total. The van der Waals surface area contributed by atoms with E-state index < -0.39 is 5.63 Å². The molecule has 2 rings (SSSR count). The van der Waals surface area contributed by atoms with E-state index in [9.17, 15) is 14.7 Å². The fourth-order valence-corrected chi connectivity index (χ4v) is 2.55. The van der Waals surface area contributed by atoms with Crippen molar-refractivity contribution in [3.8, 4) is 5.75 Å². The van der Waals surface area contributed by atoms with Crippen molar-refractivity contribution in [1.82, 2.24) is 0 Å². The van der Waals surface area contributed by atoms with Crippen LogP contribution in [0.2, 0.25) is 0 Å². The van der Waals surface area contributed by atoms with E-state index in [0.29, 0.717) is 21.0 Å². The van der Waals surface area contributed by atoms with E-state index in [1.165, 1.54) is 13.0 Å². The van der Waals surface area contributed by atoms with Crippen molar-refractivity contribution in [2.24, 2.45) is 0 Å². The smallest absolute Gasteiger partial charge is 0.336 e. The van der Waals surface area contributed by atoms with Gasteiger partial charge < -0.3 is 9.52 Å². The van der Waals surface area contributed by atoms with Gasteiger partial charge in [-0.25, -0.2) is 4.79 Å². The second-order valence-electron chi connectivity index (χ2n) is 4.17. The number of hydrogen-bond donors (Lipinski definition) is 1. The summed E-state index contributed by atoms with van der Waals surface area (Å²) in [6.07, 6.45) is 0. The number of hydrogen-bond acceptors (Lipinski definition) is 4. The second kappa shape index (κ2) is 4.24. The van der Waals surface area contributed by atoms with Crippen LogP contribution in [0.5, 0.6) is 5.75 Å². The molecule has 0 fully saturated rings. The van der Waals surface area contributed by atoms with Crippen LogP contribution in [0.25, 0.3) is 11.0 Å². The van der Waals surface area contributed by atoms with Crippen LogP contribution in [0.3, 0.4) is 0 Å². The molecule has 0 saturated carbocycles. The van der Waals surface area contributed by atoms with Gasteiger partial charge in [-0.05, 0) is 47.8 Å². The van der Waals surface area contributed by atoms with E-state index in [1.54, 1.807) is 13.8 Å². The molecule has 1 heterocycles. The number of rotatable bonds is 1. The van der Waals surface area contributed by atoms with E-state index in [-0.39, 0.29) is 22.7 Å². The number of halogens is 1. The summed E-state index contributed by atoms with van der Waals surface area (Å²) >= 11 is 3.31. The lowest BCUT2D eigenvalue weighted by atomic mass is 9.99. The molecular weight excluding hydrogens is 300 g/mol. The Morgan fingerprint density at radius 2 is 2.00 bits per heavy atom. The summed E-state index contributed by atoms with van der Waals surface area (Å²) in [6, 6.07) is 1.29. The number of aryl methyl sites for hydroxylation is 1. The van der Waals surface area contributed by atoms with Gasteiger partial charge in [-0.15, -0.1) is 0 Å². The Kier molecular flexibility index (Phi) is 3.02. The van der Waals surface area contributed by atoms with Crippen LogP contribution in [0.4, 0.5) is 0 Å². The first-order valence-corrected chi connectivity index (χ1v) is 6.10. The summed E-state index contributed by atoms with van der Waals surface area (Å²) in [7, 11) is 0. The van der Waals surface area contributed by atoms with Crippen LogP contribution in [-0.4, -0.2) is 10.9 Å². The van der Waals surface area contributed by atoms with Crippen molar-refractivity contribution in [2.75, 3.05) is 0 Å². The molecule has 0 aliphatic heterocycles. The molecule has 94 valence electrons. The van der Waals surface area contributed by atoms with Crippen molar-refractivity contribution >= 4 is 32.7 Å². The summed E-state index contributed by atoms with van der Waals surface area (Å²) in [5.41, 5.74) is 1.14. The molecule has 2 aromatic rings. The minimum absolute atomic E-state index is 0.139. The van der Waals surface area contributed by atoms with Gasteiger partial charge in [0.2, 0.25) is 0 Å². The van der Waals surface area contributed by atoms with Crippen molar-refractivity contribution in [1.29, 1.82) is 0 Å². The molecule has 0 bridgehead atoms. The Morgan fingerprint density at radius 1 is 1.39 bits per heavy atom. The first-order chi connectivity index (χ1) is 8.34. The summed E-state index contributed by atoms with van der Waals surface area (Å²) < 4.78 is 5.61. The highest BCUT2D eigenvalue weighted by Crippen LogP contribution is 2.39. The minimum atomic E-state index is -0.491. The van der Waals surface area contributed by atoms with Crippen LogP contribution in [0.1, 0.15) is 28.4 Å². The van der Waals surface area contributed by atoms with Crippen molar-refractivity contribution < 1.29 is 14.3 Å². The number of Topliss-reactive ketones (excluding diaryl/α,β-unsaturated/α-hetero) is 1. The Hall–Kier alpha value is -1.62. The Morgan fingerprint density at radius 3 is 2.56 bits per heavy atom. The van der Waals surface area contributed by atoms with Crippen molar-refractivity contribution in [3.63, 3.8) is 0 Å². The van der Waals surface area contributed by atoms with E-state index in [4.69, 9.17) is 4.42 Å². The Labute approximate surface area is 111 Å². The van der Waals surface area contributed by atoms with E-state index in [2.05, 4.69) is 15.9 Å². The normalized spacial score (nSPS) is 10.9. The van der Waals surface area contributed by atoms with Gasteiger partial charge in [0.15, 0.2) is 11.4 Å². The van der Waals surface area contributed by atoms with Gasteiger partial charge in [0.25, 0.3) is 0 Å². The number of phenols is 1. The molecule has 0 amide bonds. The third kappa shape index (κ3) is 1.75. The predicted molar refractivity (Wildman–Crippen MR) is 71.3 cm³/mol. The summed E-state index contributed by atoms with van der Waals surface area (Å²) in [5.74, 6) is -0.377. The average Bonchev–Trinajstić information content (AvgIpc) is 2.24. The lowest BCUT2D eigenvalue weighted by Gasteiger charge is -2.12. The van der Waals surface area contributed by atoms with E-state index >= 15 is 0 Å². The molecule has 0 aliphatic carbocycles. The molecule has 18 heavy (non-hydrogen) atoms. The quantitative estimate of drug-likeness (QED) is 0.649. The van der Waals surface area contributed by atoms with E-state index in [1.807, 2.05) is 0 Å². The molecule has 0 spiro atoms. The summed E-state index contributed by atoms with van der Waals surface area (Å²) in [5, 5.41) is 10.6. The number of aromatic hydroxyl groups is 1. The maximum Gasteiger partial charge on any atom is 0.336 e. The molecule has 0 atom stereocenters. The standard InChI is InChI=1S/C13H11BrO4/c1-5-4-8(16)18-13-9(5)12(17)10(7(3)15)6(2)11(13)14/h4,17H,1-3H3. The van der Waals surface area contributed by atoms with Crippen molar-refractivity contribution in [3.05, 3.63) is 37.6 Å². The molecule has 0 saturated heterocycles. The Bertz CT molecular complexity index is 728. The van der Waals surface area contributed by atoms with Crippen LogP contribution in [0.15, 0.2) is 19.8 Å². The largest absolute Gasteiger partial charge is 0.506 e. The number of ketones is 1. The molecule has 5 heteroatoms. The van der Waals surface area contributed by atoms with Gasteiger partial charge in [-0.1, -0.05) is 0 Å². The fourth-order valence-electron chi connectivity index (χ4n) is 2.07. The molecular formula is C13H11BrO4. The number of carbonyl (C=O) groups is 1. The maximum absolute atomic E-state index is 11.6. The fraction of sp³-hybridized carbons (Fsp3) is 0.231. The zero-order chi connectivity index (χ0) is 13.6. The first-order valence-electron chi connectivity index (χ1n) is 5.31. The SMILES string of the molecule is CC(=O)c1c(C)c(Br)c2oc(=O)cc(C)c2c1O. The van der Waals surface area contributed by atoms with Gasteiger partial charge in [-0.2, -0.15) is 0 Å². The average molecular weight is 311 g/mol. The highest BCUT2D eigenvalue weighted by Gasteiger charge is 2.21. The lowest BCUT2D eigenvalue weighted by Crippen LogP contribution is -2.03. The van der Waals surface area contributed by atoms with Gasteiger partial charge >= 0.3 is 5.63 Å². The molecule has 1 aromatic carbocycles. The van der Waals surface area contributed by atoms with Gasteiger partial charge in [0, 0.05) is 6.07 Å². The topological polar surface area (TPSA) is 67.5 Å². The third-order valence-electron chi connectivity index (χ3n) is 2.89. The molecule has 0 aliphatic rings. The molecule has 1 aromatic heterocycles. The van der Waals surface area contributed by atoms with Crippen LogP contribution in [-0.2, 0) is 0 Å². The van der Waals surface area contributed by atoms with Crippen LogP contribution in [0, 0.1) is 13.8 Å². The number of phenolic OH excluding ortho intramolecular Hbond substituents is 1. The minimum Gasteiger partial charge on any atom is -0.506 e. The predicted octanol–water partition coefficient (Wildman–Crippen LogP) is 3.08. The lowest BCUT2D eigenvalue weighted by molar-refractivity contribution is 0.101.